The van der Waals surface area contributed by atoms with Crippen LogP contribution in [-0.4, -0.2) is 38.1 Å². The Morgan fingerprint density at radius 2 is 1.52 bits per heavy atom. The topological polar surface area (TPSA) is 106 Å². The number of fused-ring (bicyclic) bond motifs is 1. The molecule has 1 aliphatic rings. The lowest BCUT2D eigenvalue weighted by molar-refractivity contribution is 0.0696. The van der Waals surface area contributed by atoms with Crippen molar-refractivity contribution in [2.45, 2.75) is 51.2 Å². The highest BCUT2D eigenvalue weighted by atomic mass is 35.5. The second-order valence-electron chi connectivity index (χ2n) is 12.7. The number of carboxylic acid groups (broad SMARTS) is 1. The molecule has 8 nitrogen and oxygen atoms in total. The standard InChI is InChI=1S/C41H37ClN4O4.2ClH/c42-33-12-6-28(7-13-33)36-16-10-30(40(47)44-23-20-27-18-21-43-22-19-27)24-32(36)26-50-35-14-8-29(9-15-35)39-45-37-25-31(41(48)49)11-17-38(37)46(39)34-4-2-1-3-5-34;;/h6-19,21-22,24-25,34H,1-5,20,23,26H2,(H,44,47)(H,48,49);2*1H. The summed E-state index contributed by atoms with van der Waals surface area (Å²) < 4.78 is 8.63. The molecule has 52 heavy (non-hydrogen) atoms. The first-order chi connectivity index (χ1) is 24.4. The Morgan fingerprint density at radius 3 is 2.23 bits per heavy atom. The molecule has 0 aliphatic heterocycles. The molecule has 268 valence electrons. The van der Waals surface area contributed by atoms with Crippen molar-refractivity contribution in [2.24, 2.45) is 0 Å². The highest BCUT2D eigenvalue weighted by Gasteiger charge is 2.23. The Bertz CT molecular complexity index is 2130. The van der Waals surface area contributed by atoms with Crippen molar-refractivity contribution in [3.05, 3.63) is 137 Å². The Labute approximate surface area is 320 Å². The molecule has 2 heterocycles. The number of carboxylic acids is 1. The summed E-state index contributed by atoms with van der Waals surface area (Å²) in [4.78, 5) is 33.9. The van der Waals surface area contributed by atoms with Gasteiger partial charge in [-0.3, -0.25) is 9.78 Å². The SMILES string of the molecule is Cl.Cl.O=C(O)c1ccc2c(c1)nc(-c1ccc(OCc3cc(C(=O)NCCc4ccncc4)ccc3-c3ccc(Cl)cc3)cc1)n2C1CCCCC1. The summed E-state index contributed by atoms with van der Waals surface area (Å²) in [6, 6.07) is 30.6. The van der Waals surface area contributed by atoms with Crippen LogP contribution in [0.25, 0.3) is 33.5 Å². The number of imidazole rings is 1. The number of ether oxygens (including phenoxy) is 1. The number of nitrogens with zero attached hydrogens (tertiary/aromatic N) is 3. The summed E-state index contributed by atoms with van der Waals surface area (Å²) in [5, 5.41) is 13.3. The van der Waals surface area contributed by atoms with Crippen LogP contribution >= 0.6 is 36.4 Å². The number of pyridine rings is 1. The molecule has 2 N–H and O–H groups in total. The molecule has 4 aromatic carbocycles. The summed E-state index contributed by atoms with van der Waals surface area (Å²) in [6.45, 7) is 0.753. The second-order valence-corrected chi connectivity index (χ2v) is 13.1. The summed E-state index contributed by atoms with van der Waals surface area (Å²) in [7, 11) is 0. The molecule has 11 heteroatoms. The fourth-order valence-electron chi connectivity index (χ4n) is 6.74. The number of halogens is 3. The van der Waals surface area contributed by atoms with Crippen molar-refractivity contribution in [1.82, 2.24) is 19.9 Å². The van der Waals surface area contributed by atoms with Gasteiger partial charge in [0, 0.05) is 41.1 Å². The Balaban J connectivity index is 0.00000261. The number of aromatic carboxylic acids is 1. The summed E-state index contributed by atoms with van der Waals surface area (Å²) in [5.74, 6) is 0.391. The molecule has 0 spiro atoms. The van der Waals surface area contributed by atoms with Gasteiger partial charge in [0.15, 0.2) is 0 Å². The number of carbonyl (C=O) groups excluding carboxylic acids is 1. The lowest BCUT2D eigenvalue weighted by atomic mass is 9.95. The van der Waals surface area contributed by atoms with Crippen molar-refractivity contribution in [3.8, 4) is 28.3 Å². The van der Waals surface area contributed by atoms with E-state index in [0.717, 1.165) is 64.8 Å². The molecule has 1 aliphatic carbocycles. The van der Waals surface area contributed by atoms with Crippen LogP contribution in [-0.2, 0) is 13.0 Å². The van der Waals surface area contributed by atoms with E-state index < -0.39 is 5.97 Å². The van der Waals surface area contributed by atoms with Crippen LogP contribution in [0.2, 0.25) is 5.02 Å². The molecule has 0 radical (unpaired) electrons. The van der Waals surface area contributed by atoms with Crippen molar-refractivity contribution in [3.63, 3.8) is 0 Å². The Kier molecular flexibility index (Phi) is 12.9. The third-order valence-electron chi connectivity index (χ3n) is 9.35. The number of benzene rings is 4. The summed E-state index contributed by atoms with van der Waals surface area (Å²) >= 11 is 6.18. The lowest BCUT2D eigenvalue weighted by Crippen LogP contribution is -2.25. The van der Waals surface area contributed by atoms with Gasteiger partial charge in [-0.2, -0.15) is 0 Å². The molecule has 2 aromatic heterocycles. The molecular formula is C41H39Cl3N4O4. The van der Waals surface area contributed by atoms with Gasteiger partial charge in [-0.15, -0.1) is 24.8 Å². The van der Waals surface area contributed by atoms with E-state index in [9.17, 15) is 14.7 Å². The second kappa shape index (κ2) is 17.6. The first-order valence-corrected chi connectivity index (χ1v) is 17.4. The number of hydrogen-bond donors (Lipinski definition) is 2. The van der Waals surface area contributed by atoms with Crippen molar-refractivity contribution in [2.75, 3.05) is 6.54 Å². The molecule has 7 rings (SSSR count). The van der Waals surface area contributed by atoms with E-state index in [0.29, 0.717) is 40.9 Å². The average molecular weight is 758 g/mol. The van der Waals surface area contributed by atoms with E-state index in [-0.39, 0.29) is 42.9 Å². The molecule has 0 bridgehead atoms. The number of carbonyl (C=O) groups is 2. The molecular weight excluding hydrogens is 719 g/mol. The van der Waals surface area contributed by atoms with Crippen molar-refractivity contribution >= 4 is 59.3 Å². The van der Waals surface area contributed by atoms with E-state index in [1.165, 1.54) is 6.42 Å². The minimum absolute atomic E-state index is 0. The molecule has 1 fully saturated rings. The normalized spacial score (nSPS) is 12.8. The minimum atomic E-state index is -0.964. The molecule has 0 unspecified atom stereocenters. The van der Waals surface area contributed by atoms with Gasteiger partial charge in [-0.05, 0) is 120 Å². The number of aromatic nitrogens is 3. The first-order valence-electron chi connectivity index (χ1n) is 17.0. The third kappa shape index (κ3) is 8.76. The van der Waals surface area contributed by atoms with Crippen LogP contribution in [0.3, 0.4) is 0 Å². The number of amides is 1. The maximum Gasteiger partial charge on any atom is 0.335 e. The first kappa shape index (κ1) is 38.3. The Morgan fingerprint density at radius 1 is 0.827 bits per heavy atom. The Hall–Kier alpha value is -4.89. The quantitative estimate of drug-likeness (QED) is 0.136. The van der Waals surface area contributed by atoms with Crippen molar-refractivity contribution < 1.29 is 19.4 Å². The van der Waals surface area contributed by atoms with Crippen LogP contribution in [0.5, 0.6) is 5.75 Å². The fraction of sp³-hybridized carbons (Fsp3) is 0.220. The highest BCUT2D eigenvalue weighted by molar-refractivity contribution is 6.30. The minimum Gasteiger partial charge on any atom is -0.489 e. The van der Waals surface area contributed by atoms with Gasteiger partial charge < -0.3 is 19.7 Å². The lowest BCUT2D eigenvalue weighted by Gasteiger charge is -2.25. The largest absolute Gasteiger partial charge is 0.489 e. The predicted octanol–water partition coefficient (Wildman–Crippen LogP) is 10.0. The molecule has 0 saturated heterocycles. The maximum atomic E-state index is 13.2. The van der Waals surface area contributed by atoms with E-state index in [1.807, 2.05) is 84.9 Å². The fourth-order valence-corrected chi connectivity index (χ4v) is 6.87. The van der Waals surface area contributed by atoms with E-state index in [1.54, 1.807) is 24.5 Å². The summed E-state index contributed by atoms with van der Waals surface area (Å²) in [5.41, 5.74) is 7.25. The maximum absolute atomic E-state index is 13.2. The number of rotatable bonds is 11. The number of hydrogen-bond acceptors (Lipinski definition) is 5. The van der Waals surface area contributed by atoms with Crippen LogP contribution in [0.15, 0.2) is 109 Å². The zero-order chi connectivity index (χ0) is 34.5. The number of nitrogens with one attached hydrogen (secondary N) is 1. The van der Waals surface area contributed by atoms with Gasteiger partial charge in [0.1, 0.15) is 18.2 Å². The zero-order valence-electron chi connectivity index (χ0n) is 28.3. The van der Waals surface area contributed by atoms with E-state index in [2.05, 4.69) is 14.9 Å². The van der Waals surface area contributed by atoms with Gasteiger partial charge >= 0.3 is 5.97 Å². The third-order valence-corrected chi connectivity index (χ3v) is 9.61. The van der Waals surface area contributed by atoms with Gasteiger partial charge in [0.05, 0.1) is 16.6 Å². The smallest absolute Gasteiger partial charge is 0.335 e. The molecule has 1 amide bonds. The van der Waals surface area contributed by atoms with Gasteiger partial charge in [0.2, 0.25) is 0 Å². The van der Waals surface area contributed by atoms with Crippen LogP contribution in [0, 0.1) is 0 Å². The summed E-state index contributed by atoms with van der Waals surface area (Å²) in [6.07, 6.45) is 9.90. The monoisotopic (exact) mass is 756 g/mol. The molecule has 0 atom stereocenters. The molecule has 6 aromatic rings. The average Bonchev–Trinajstić information content (AvgIpc) is 3.54. The van der Waals surface area contributed by atoms with E-state index >= 15 is 0 Å². The van der Waals surface area contributed by atoms with Crippen molar-refractivity contribution in [1.29, 1.82) is 0 Å². The predicted molar refractivity (Wildman–Crippen MR) is 210 cm³/mol. The molecule has 1 saturated carbocycles. The van der Waals surface area contributed by atoms with Gasteiger partial charge in [-0.1, -0.05) is 49.1 Å². The van der Waals surface area contributed by atoms with Gasteiger partial charge in [0.25, 0.3) is 5.91 Å². The van der Waals surface area contributed by atoms with Crippen LogP contribution in [0.4, 0.5) is 0 Å². The van der Waals surface area contributed by atoms with E-state index in [4.69, 9.17) is 21.3 Å². The van der Waals surface area contributed by atoms with Crippen LogP contribution < -0.4 is 10.1 Å². The van der Waals surface area contributed by atoms with Gasteiger partial charge in [-0.25, -0.2) is 9.78 Å². The zero-order valence-corrected chi connectivity index (χ0v) is 30.7. The highest BCUT2D eigenvalue weighted by Crippen LogP contribution is 2.37. The van der Waals surface area contributed by atoms with Crippen LogP contribution in [0.1, 0.15) is 70.0 Å².